The largest absolute Gasteiger partial charge is 0.481 e. The Hall–Kier alpha value is -3.79. The molecule has 0 saturated heterocycles. The second kappa shape index (κ2) is 11.6. The van der Waals surface area contributed by atoms with E-state index in [0.717, 1.165) is 66.2 Å². The van der Waals surface area contributed by atoms with Gasteiger partial charge in [0, 0.05) is 53.3 Å². The second-order valence-electron chi connectivity index (χ2n) is 11.2. The van der Waals surface area contributed by atoms with Crippen LogP contribution in [0.4, 0.5) is 9.52 Å². The third kappa shape index (κ3) is 5.84. The number of carbonyl (C=O) groups excluding carboxylic acids is 1. The number of aromatic nitrogens is 3. The number of rotatable bonds is 11. The SMILES string of the molecule is Cn1ccc2cc(-c3ccc(OCF)cc3-c3csc(N(C(=O)C(CC(=O)O)CC4CCCC4)C4CC4)n3)cnc21. The molecule has 10 heteroatoms. The zero-order chi connectivity index (χ0) is 28.5. The zero-order valence-corrected chi connectivity index (χ0v) is 23.8. The number of fused-ring (bicyclic) bond motifs is 1. The Morgan fingerprint density at radius 2 is 1.98 bits per heavy atom. The number of nitrogens with zero attached hydrogens (tertiary/aromatic N) is 4. The molecule has 1 aromatic carbocycles. The van der Waals surface area contributed by atoms with Crippen LogP contribution in [0, 0.1) is 11.8 Å². The van der Waals surface area contributed by atoms with E-state index in [9.17, 15) is 19.1 Å². The third-order valence-corrected chi connectivity index (χ3v) is 9.06. The van der Waals surface area contributed by atoms with Crippen molar-refractivity contribution in [2.24, 2.45) is 18.9 Å². The number of ether oxygens (including phenoxy) is 1. The first kappa shape index (κ1) is 27.4. The smallest absolute Gasteiger partial charge is 0.304 e. The predicted molar refractivity (Wildman–Crippen MR) is 157 cm³/mol. The van der Waals surface area contributed by atoms with Crippen molar-refractivity contribution in [2.45, 2.75) is 57.4 Å². The molecule has 2 aliphatic carbocycles. The fourth-order valence-corrected chi connectivity index (χ4v) is 6.93. The Morgan fingerprint density at radius 3 is 2.71 bits per heavy atom. The van der Waals surface area contributed by atoms with Crippen LogP contribution in [-0.2, 0) is 16.6 Å². The van der Waals surface area contributed by atoms with Gasteiger partial charge in [0.1, 0.15) is 11.4 Å². The molecule has 2 fully saturated rings. The first-order valence-electron chi connectivity index (χ1n) is 14.2. The lowest BCUT2D eigenvalue weighted by Gasteiger charge is -2.26. The molecule has 3 heterocycles. The van der Waals surface area contributed by atoms with Crippen molar-refractivity contribution >= 4 is 39.4 Å². The number of carboxylic acids is 1. The Morgan fingerprint density at radius 1 is 1.17 bits per heavy atom. The first-order chi connectivity index (χ1) is 19.9. The minimum atomic E-state index is -0.950. The van der Waals surface area contributed by atoms with Crippen LogP contribution < -0.4 is 9.64 Å². The summed E-state index contributed by atoms with van der Waals surface area (Å²) in [6, 6.07) is 9.46. The quantitative estimate of drug-likeness (QED) is 0.210. The van der Waals surface area contributed by atoms with Crippen molar-refractivity contribution in [3.8, 4) is 28.1 Å². The van der Waals surface area contributed by atoms with Crippen molar-refractivity contribution in [3.63, 3.8) is 0 Å². The van der Waals surface area contributed by atoms with E-state index in [4.69, 9.17) is 9.72 Å². The fraction of sp³-hybridized carbons (Fsp3) is 0.419. The molecule has 1 unspecified atom stereocenters. The number of alkyl halides is 1. The molecule has 3 aromatic heterocycles. The molecule has 41 heavy (non-hydrogen) atoms. The average Bonchev–Trinajstić information content (AvgIpc) is 3.30. The van der Waals surface area contributed by atoms with Crippen LogP contribution in [0.15, 0.2) is 48.1 Å². The fourth-order valence-electron chi connectivity index (χ4n) is 6.03. The van der Waals surface area contributed by atoms with E-state index in [1.54, 1.807) is 17.0 Å². The lowest BCUT2D eigenvalue weighted by atomic mass is 9.90. The summed E-state index contributed by atoms with van der Waals surface area (Å²) in [6.45, 7) is -0.950. The maximum atomic E-state index is 13.9. The summed E-state index contributed by atoms with van der Waals surface area (Å²) in [7, 11) is 1.95. The summed E-state index contributed by atoms with van der Waals surface area (Å²) < 4.78 is 20.2. The molecule has 0 aliphatic heterocycles. The normalized spacial score (nSPS) is 16.2. The standard InChI is InChI=1S/C31H33FN4O4S/c1-35-11-10-20-13-22(16-33-29(20)35)25-9-8-24(40-18-32)15-26(25)27-17-41-31(34-27)36(23-6-7-23)30(39)21(14-28(37)38)12-19-4-2-3-5-19/h8-11,13,15-17,19,21,23H,2-7,12,14,18H2,1H3,(H,37,38). The highest BCUT2D eigenvalue weighted by molar-refractivity contribution is 7.14. The Kier molecular flexibility index (Phi) is 7.75. The molecule has 2 saturated carbocycles. The summed E-state index contributed by atoms with van der Waals surface area (Å²) >= 11 is 1.37. The van der Waals surface area contributed by atoms with Crippen molar-refractivity contribution in [1.29, 1.82) is 0 Å². The minimum Gasteiger partial charge on any atom is -0.481 e. The van der Waals surface area contributed by atoms with Gasteiger partial charge >= 0.3 is 5.97 Å². The van der Waals surface area contributed by atoms with Crippen LogP contribution in [0.1, 0.15) is 51.4 Å². The number of hydrogen-bond donors (Lipinski definition) is 1. The number of amides is 1. The van der Waals surface area contributed by atoms with Crippen molar-refractivity contribution < 1.29 is 23.8 Å². The van der Waals surface area contributed by atoms with Crippen molar-refractivity contribution in [1.82, 2.24) is 14.5 Å². The van der Waals surface area contributed by atoms with Crippen LogP contribution in [0.2, 0.25) is 0 Å². The Bertz CT molecular complexity index is 1570. The number of aliphatic carboxylic acids is 1. The van der Waals surface area contributed by atoms with E-state index in [1.807, 2.05) is 41.5 Å². The highest BCUT2D eigenvalue weighted by Gasteiger charge is 2.40. The van der Waals surface area contributed by atoms with Gasteiger partial charge in [-0.25, -0.2) is 14.4 Å². The van der Waals surface area contributed by atoms with Crippen LogP contribution in [-0.4, -0.2) is 44.4 Å². The van der Waals surface area contributed by atoms with E-state index in [1.165, 1.54) is 11.3 Å². The molecule has 0 radical (unpaired) electrons. The van der Waals surface area contributed by atoms with Gasteiger partial charge < -0.3 is 14.4 Å². The molecule has 1 amide bonds. The summed E-state index contributed by atoms with van der Waals surface area (Å²) in [5.74, 6) is -0.884. The van der Waals surface area contributed by atoms with Crippen LogP contribution in [0.5, 0.6) is 5.75 Å². The van der Waals surface area contributed by atoms with Crippen LogP contribution in [0.25, 0.3) is 33.4 Å². The van der Waals surface area contributed by atoms with Crippen LogP contribution in [0.3, 0.4) is 0 Å². The second-order valence-corrected chi connectivity index (χ2v) is 12.0. The van der Waals surface area contributed by atoms with Gasteiger partial charge in [0.25, 0.3) is 0 Å². The number of carbonyl (C=O) groups is 2. The maximum Gasteiger partial charge on any atom is 0.304 e. The lowest BCUT2D eigenvalue weighted by molar-refractivity contribution is -0.141. The van der Waals surface area contributed by atoms with Gasteiger partial charge in [-0.15, -0.1) is 11.3 Å². The molecule has 1 N–H and O–H groups in total. The van der Waals surface area contributed by atoms with Gasteiger partial charge in [-0.2, -0.15) is 0 Å². The lowest BCUT2D eigenvalue weighted by Crippen LogP contribution is -2.39. The van der Waals surface area contributed by atoms with E-state index in [2.05, 4.69) is 11.1 Å². The van der Waals surface area contributed by atoms with E-state index < -0.39 is 18.7 Å². The van der Waals surface area contributed by atoms with Crippen molar-refractivity contribution in [3.05, 3.63) is 48.1 Å². The number of aryl methyl sites for hydroxylation is 1. The van der Waals surface area contributed by atoms with Gasteiger partial charge in [-0.3, -0.25) is 14.5 Å². The highest BCUT2D eigenvalue weighted by Crippen LogP contribution is 2.41. The van der Waals surface area contributed by atoms with Crippen molar-refractivity contribution in [2.75, 3.05) is 11.8 Å². The number of hydrogen-bond acceptors (Lipinski definition) is 6. The van der Waals surface area contributed by atoms with E-state index in [-0.39, 0.29) is 18.4 Å². The summed E-state index contributed by atoms with van der Waals surface area (Å²) in [4.78, 5) is 36.9. The zero-order valence-electron chi connectivity index (χ0n) is 23.0. The van der Waals surface area contributed by atoms with Gasteiger partial charge in [-0.05, 0) is 61.1 Å². The number of thiazole rings is 1. The van der Waals surface area contributed by atoms with Crippen LogP contribution >= 0.6 is 11.3 Å². The first-order valence-corrected chi connectivity index (χ1v) is 15.0. The molecule has 214 valence electrons. The molecule has 0 bridgehead atoms. The van der Waals surface area contributed by atoms with Gasteiger partial charge in [-0.1, -0.05) is 25.7 Å². The minimum absolute atomic E-state index is 0.0340. The third-order valence-electron chi connectivity index (χ3n) is 8.22. The number of halogens is 1. The molecular formula is C31H33FN4O4S. The predicted octanol–water partition coefficient (Wildman–Crippen LogP) is 6.84. The average molecular weight is 577 g/mol. The number of anilines is 1. The van der Waals surface area contributed by atoms with E-state index >= 15 is 0 Å². The van der Waals surface area contributed by atoms with E-state index in [0.29, 0.717) is 28.9 Å². The topological polar surface area (TPSA) is 97.5 Å². The maximum absolute atomic E-state index is 13.9. The number of carboxylic acid groups (broad SMARTS) is 1. The summed E-state index contributed by atoms with van der Waals surface area (Å²) in [5.41, 5.74) is 4.00. The monoisotopic (exact) mass is 576 g/mol. The van der Waals surface area contributed by atoms with Gasteiger partial charge in [0.05, 0.1) is 12.1 Å². The molecule has 1 atom stereocenters. The molecule has 8 nitrogen and oxygen atoms in total. The molecule has 4 aromatic rings. The molecule has 0 spiro atoms. The molecule has 6 rings (SSSR count). The highest BCUT2D eigenvalue weighted by atomic mass is 32.1. The number of benzene rings is 1. The molecular weight excluding hydrogens is 543 g/mol. The summed E-state index contributed by atoms with van der Waals surface area (Å²) in [5, 5.41) is 13.1. The number of pyridine rings is 1. The van der Waals surface area contributed by atoms with Gasteiger partial charge in [0.2, 0.25) is 12.8 Å². The Labute approximate surface area is 241 Å². The Balaban J connectivity index is 1.35. The van der Waals surface area contributed by atoms with Gasteiger partial charge in [0.15, 0.2) is 5.13 Å². The summed E-state index contributed by atoms with van der Waals surface area (Å²) in [6.07, 6.45) is 10.3. The molecule has 2 aliphatic rings.